The lowest BCUT2D eigenvalue weighted by atomic mass is 10.2. The molecule has 0 radical (unpaired) electrons. The Morgan fingerprint density at radius 2 is 1.94 bits per heavy atom. The topological polar surface area (TPSA) is 20.7 Å². The molecule has 0 fully saturated rings. The van der Waals surface area contributed by atoms with Crippen LogP contribution in [-0.2, 0) is 6.54 Å². The molecule has 0 amide bonds. The summed E-state index contributed by atoms with van der Waals surface area (Å²) in [6, 6.07) is 8.42. The maximum atomic E-state index is 12.4. The highest BCUT2D eigenvalue weighted by atomic mass is 35.5. The van der Waals surface area contributed by atoms with Crippen LogP contribution in [0.3, 0.4) is 0 Å². The zero-order valence-corrected chi connectivity index (χ0v) is 10.2. The van der Waals surface area contributed by atoms with E-state index >= 15 is 0 Å². The van der Waals surface area contributed by atoms with E-state index in [1.165, 1.54) is 10.7 Å². The van der Waals surface area contributed by atoms with Crippen LogP contribution in [0.5, 0.6) is 0 Å². The molecule has 0 spiro atoms. The number of aromatic amines is 1. The predicted octanol–water partition coefficient (Wildman–Crippen LogP) is 4.18. The molecule has 17 heavy (non-hydrogen) atoms. The summed E-state index contributed by atoms with van der Waals surface area (Å²) in [6.45, 7) is 0.419. The molecule has 0 bridgehead atoms. The second-order valence-corrected chi connectivity index (χ2v) is 4.42. The van der Waals surface area contributed by atoms with Crippen molar-refractivity contribution in [2.75, 3.05) is 0 Å². The Morgan fingerprint density at radius 1 is 1.29 bits per heavy atom. The molecule has 0 aliphatic rings. The molecule has 2 nitrogen and oxygen atoms in total. The third-order valence-corrected chi connectivity index (χ3v) is 2.89. The normalized spacial score (nSPS) is 11.1. The van der Waals surface area contributed by atoms with Gasteiger partial charge in [0.05, 0.1) is 6.54 Å². The van der Waals surface area contributed by atoms with Crippen LogP contribution in [0.25, 0.3) is 0 Å². The van der Waals surface area contributed by atoms with Gasteiger partial charge in [0.25, 0.3) is 6.43 Å². The summed E-state index contributed by atoms with van der Waals surface area (Å²) in [7, 11) is 0. The molecule has 1 aromatic heterocycles. The zero-order valence-electron chi connectivity index (χ0n) is 8.66. The summed E-state index contributed by atoms with van der Waals surface area (Å²) in [6.07, 6.45) is -2.54. The van der Waals surface area contributed by atoms with E-state index in [4.69, 9.17) is 23.8 Å². The third kappa shape index (κ3) is 2.92. The lowest BCUT2D eigenvalue weighted by Gasteiger charge is -2.03. The van der Waals surface area contributed by atoms with Crippen molar-refractivity contribution in [1.29, 1.82) is 0 Å². The maximum absolute atomic E-state index is 12.4. The first-order valence-corrected chi connectivity index (χ1v) is 5.67. The predicted molar refractivity (Wildman–Crippen MR) is 65.1 cm³/mol. The van der Waals surface area contributed by atoms with Gasteiger partial charge in [0.2, 0.25) is 0 Å². The van der Waals surface area contributed by atoms with Crippen LogP contribution in [0, 0.1) is 4.64 Å². The maximum Gasteiger partial charge on any atom is 0.279 e. The number of aromatic nitrogens is 2. The van der Waals surface area contributed by atoms with Crippen LogP contribution in [0.1, 0.15) is 17.7 Å². The van der Waals surface area contributed by atoms with Gasteiger partial charge in [-0.05, 0) is 17.7 Å². The lowest BCUT2D eigenvalue weighted by molar-refractivity contribution is 0.145. The number of nitrogens with one attached hydrogen (secondary N) is 1. The van der Waals surface area contributed by atoms with Crippen LogP contribution in [0.15, 0.2) is 30.3 Å². The van der Waals surface area contributed by atoms with E-state index < -0.39 is 6.43 Å². The highest BCUT2D eigenvalue weighted by Crippen LogP contribution is 2.17. The van der Waals surface area contributed by atoms with Crippen molar-refractivity contribution in [3.63, 3.8) is 0 Å². The molecule has 1 N–H and O–H groups in total. The SMILES string of the molecule is FC(F)c1cc(=S)n(Cc2ccc(Cl)cc2)[nH]1. The summed E-state index contributed by atoms with van der Waals surface area (Å²) >= 11 is 10.7. The van der Waals surface area contributed by atoms with Gasteiger partial charge in [-0.2, -0.15) is 0 Å². The molecule has 0 unspecified atom stereocenters. The Labute approximate surface area is 107 Å². The Balaban J connectivity index is 2.24. The molecule has 6 heteroatoms. The monoisotopic (exact) mass is 274 g/mol. The summed E-state index contributed by atoms with van der Waals surface area (Å²) in [5.74, 6) is 0. The second kappa shape index (κ2) is 4.98. The van der Waals surface area contributed by atoms with Gasteiger partial charge in [-0.1, -0.05) is 36.0 Å². The van der Waals surface area contributed by atoms with E-state index in [1.807, 2.05) is 12.1 Å². The number of hydrogen-bond acceptors (Lipinski definition) is 1. The molecule has 0 aliphatic heterocycles. The Kier molecular flexibility index (Phi) is 3.59. The molecule has 1 aromatic carbocycles. The van der Waals surface area contributed by atoms with Gasteiger partial charge >= 0.3 is 0 Å². The van der Waals surface area contributed by atoms with Crippen molar-refractivity contribution in [2.24, 2.45) is 0 Å². The average molecular weight is 275 g/mol. The van der Waals surface area contributed by atoms with Crippen LogP contribution in [0.4, 0.5) is 8.78 Å². The molecular weight excluding hydrogens is 266 g/mol. The van der Waals surface area contributed by atoms with Crippen LogP contribution in [-0.4, -0.2) is 9.78 Å². The van der Waals surface area contributed by atoms with Crippen LogP contribution < -0.4 is 0 Å². The van der Waals surface area contributed by atoms with E-state index in [0.717, 1.165) is 5.56 Å². The van der Waals surface area contributed by atoms with E-state index in [0.29, 0.717) is 16.2 Å². The van der Waals surface area contributed by atoms with Crippen molar-refractivity contribution < 1.29 is 8.78 Å². The molecule has 0 aliphatic carbocycles. The standard InChI is InChI=1S/C11H9ClF2N2S/c12-8-3-1-7(2-4-8)6-16-10(17)5-9(15-16)11(13)14/h1-5,11,15H,6H2. The lowest BCUT2D eigenvalue weighted by Crippen LogP contribution is -2.02. The number of rotatable bonds is 3. The molecule has 0 saturated carbocycles. The Bertz CT molecular complexity index is 560. The number of halogens is 3. The van der Waals surface area contributed by atoms with Gasteiger partial charge in [-0.15, -0.1) is 0 Å². The number of benzene rings is 1. The molecule has 0 saturated heterocycles. The largest absolute Gasteiger partial charge is 0.296 e. The average Bonchev–Trinajstić information content (AvgIpc) is 2.64. The van der Waals surface area contributed by atoms with Crippen molar-refractivity contribution in [2.45, 2.75) is 13.0 Å². The zero-order chi connectivity index (χ0) is 12.4. The fourth-order valence-corrected chi connectivity index (χ4v) is 1.82. The fourth-order valence-electron chi connectivity index (χ4n) is 1.46. The van der Waals surface area contributed by atoms with Gasteiger partial charge in [0, 0.05) is 11.1 Å². The van der Waals surface area contributed by atoms with Gasteiger partial charge in [0.15, 0.2) is 0 Å². The minimum atomic E-state index is -2.54. The van der Waals surface area contributed by atoms with E-state index in [9.17, 15) is 8.78 Å². The number of hydrogen-bond donors (Lipinski definition) is 1. The van der Waals surface area contributed by atoms with Crippen LogP contribution in [0.2, 0.25) is 5.02 Å². The number of H-pyrrole nitrogens is 1. The van der Waals surface area contributed by atoms with E-state index in [-0.39, 0.29) is 5.69 Å². The van der Waals surface area contributed by atoms with Crippen molar-refractivity contribution in [3.05, 3.63) is 51.3 Å². The van der Waals surface area contributed by atoms with Crippen molar-refractivity contribution in [1.82, 2.24) is 9.78 Å². The highest BCUT2D eigenvalue weighted by Gasteiger charge is 2.10. The molecular formula is C11H9ClF2N2S. The third-order valence-electron chi connectivity index (χ3n) is 2.30. The molecule has 90 valence electrons. The minimum absolute atomic E-state index is 0.163. The molecule has 2 rings (SSSR count). The van der Waals surface area contributed by atoms with E-state index in [1.54, 1.807) is 12.1 Å². The van der Waals surface area contributed by atoms with Crippen LogP contribution >= 0.6 is 23.8 Å². The summed E-state index contributed by atoms with van der Waals surface area (Å²) in [5, 5.41) is 3.21. The quantitative estimate of drug-likeness (QED) is 0.833. The molecule has 2 aromatic rings. The molecule has 0 atom stereocenters. The van der Waals surface area contributed by atoms with Crippen molar-refractivity contribution >= 4 is 23.8 Å². The smallest absolute Gasteiger partial charge is 0.279 e. The van der Waals surface area contributed by atoms with Gasteiger partial charge in [-0.25, -0.2) is 8.78 Å². The first-order chi connectivity index (χ1) is 8.06. The fraction of sp³-hybridized carbons (Fsp3) is 0.182. The number of alkyl halides is 2. The van der Waals surface area contributed by atoms with Crippen molar-refractivity contribution in [3.8, 4) is 0 Å². The highest BCUT2D eigenvalue weighted by molar-refractivity contribution is 7.71. The van der Waals surface area contributed by atoms with Gasteiger partial charge in [-0.3, -0.25) is 9.78 Å². The Morgan fingerprint density at radius 3 is 2.47 bits per heavy atom. The first-order valence-electron chi connectivity index (χ1n) is 4.88. The van der Waals surface area contributed by atoms with Gasteiger partial charge in [0.1, 0.15) is 10.3 Å². The Hall–Kier alpha value is -1.20. The second-order valence-electron chi connectivity index (χ2n) is 3.56. The summed E-state index contributed by atoms with van der Waals surface area (Å²) in [4.78, 5) is 0. The first kappa shape index (κ1) is 12.3. The summed E-state index contributed by atoms with van der Waals surface area (Å²) < 4.78 is 26.7. The van der Waals surface area contributed by atoms with Gasteiger partial charge < -0.3 is 0 Å². The molecule has 1 heterocycles. The summed E-state index contributed by atoms with van der Waals surface area (Å²) in [5.41, 5.74) is 0.775. The minimum Gasteiger partial charge on any atom is -0.296 e. The number of nitrogens with zero attached hydrogens (tertiary/aromatic N) is 1. The van der Waals surface area contributed by atoms with E-state index in [2.05, 4.69) is 5.10 Å².